The van der Waals surface area contributed by atoms with Crippen molar-refractivity contribution in [2.45, 2.75) is 19.9 Å². The quantitative estimate of drug-likeness (QED) is 0.855. The van der Waals surface area contributed by atoms with E-state index in [9.17, 15) is 5.11 Å². The van der Waals surface area contributed by atoms with Gasteiger partial charge in [-0.15, -0.1) is 10.2 Å². The first kappa shape index (κ1) is 12.5. The van der Waals surface area contributed by atoms with Crippen molar-refractivity contribution in [3.63, 3.8) is 0 Å². The second-order valence-electron chi connectivity index (χ2n) is 4.17. The molecule has 2 rings (SSSR count). The highest BCUT2D eigenvalue weighted by molar-refractivity contribution is 6.30. The SMILES string of the molecule is Cc1c(Cl)nnc(N2CCOCC2CO)c1C. The summed E-state index contributed by atoms with van der Waals surface area (Å²) in [5.41, 5.74) is 1.94. The molecule has 1 aromatic heterocycles. The van der Waals surface area contributed by atoms with Crippen molar-refractivity contribution in [1.82, 2.24) is 10.2 Å². The van der Waals surface area contributed by atoms with Crippen LogP contribution in [0.15, 0.2) is 0 Å². The summed E-state index contributed by atoms with van der Waals surface area (Å²) in [4.78, 5) is 2.04. The smallest absolute Gasteiger partial charge is 0.155 e. The molecule has 1 aliphatic rings. The van der Waals surface area contributed by atoms with Crippen molar-refractivity contribution in [2.75, 3.05) is 31.3 Å². The molecule has 6 heteroatoms. The summed E-state index contributed by atoms with van der Waals surface area (Å²) in [7, 11) is 0. The minimum Gasteiger partial charge on any atom is -0.394 e. The summed E-state index contributed by atoms with van der Waals surface area (Å²) < 4.78 is 5.34. The van der Waals surface area contributed by atoms with Crippen LogP contribution in [-0.4, -0.2) is 47.7 Å². The van der Waals surface area contributed by atoms with Crippen LogP contribution in [0.2, 0.25) is 5.15 Å². The maximum atomic E-state index is 9.34. The minimum atomic E-state index is -0.0580. The molecule has 1 aliphatic heterocycles. The first-order valence-electron chi connectivity index (χ1n) is 5.59. The van der Waals surface area contributed by atoms with E-state index in [1.165, 1.54) is 0 Å². The van der Waals surface area contributed by atoms with Gasteiger partial charge in [0.15, 0.2) is 11.0 Å². The Hall–Kier alpha value is -0.910. The van der Waals surface area contributed by atoms with E-state index in [0.29, 0.717) is 24.9 Å². The Balaban J connectivity index is 2.35. The highest BCUT2D eigenvalue weighted by Gasteiger charge is 2.25. The van der Waals surface area contributed by atoms with Gasteiger partial charge in [-0.3, -0.25) is 0 Å². The summed E-state index contributed by atoms with van der Waals surface area (Å²) in [6.07, 6.45) is 0. The number of aliphatic hydroxyl groups excluding tert-OH is 1. The van der Waals surface area contributed by atoms with E-state index >= 15 is 0 Å². The normalized spacial score (nSPS) is 20.7. The standard InChI is InChI=1S/C11H16ClN3O2/c1-7-8(2)11(14-13-10(7)12)15-3-4-17-6-9(15)5-16/h9,16H,3-6H2,1-2H3. The molecule has 0 saturated carbocycles. The lowest BCUT2D eigenvalue weighted by atomic mass is 10.1. The number of hydrogen-bond acceptors (Lipinski definition) is 5. The van der Waals surface area contributed by atoms with Crippen LogP contribution in [0.3, 0.4) is 0 Å². The van der Waals surface area contributed by atoms with Crippen LogP contribution in [0, 0.1) is 13.8 Å². The zero-order chi connectivity index (χ0) is 12.4. The van der Waals surface area contributed by atoms with Gasteiger partial charge in [-0.1, -0.05) is 11.6 Å². The molecule has 1 fully saturated rings. The average Bonchev–Trinajstić information content (AvgIpc) is 2.36. The highest BCUT2D eigenvalue weighted by Crippen LogP contribution is 2.26. The maximum Gasteiger partial charge on any atom is 0.155 e. The number of aliphatic hydroxyl groups is 1. The molecule has 0 aromatic carbocycles. The van der Waals surface area contributed by atoms with Gasteiger partial charge in [-0.2, -0.15) is 0 Å². The Labute approximate surface area is 105 Å². The van der Waals surface area contributed by atoms with E-state index in [2.05, 4.69) is 10.2 Å². The minimum absolute atomic E-state index is 0.0444. The van der Waals surface area contributed by atoms with Crippen LogP contribution in [0.1, 0.15) is 11.1 Å². The number of morpholine rings is 1. The molecule has 0 radical (unpaired) electrons. The van der Waals surface area contributed by atoms with Gasteiger partial charge >= 0.3 is 0 Å². The van der Waals surface area contributed by atoms with Crippen molar-refractivity contribution >= 4 is 17.4 Å². The molecule has 0 amide bonds. The third-order valence-corrected chi connectivity index (χ3v) is 3.51. The molecule has 0 aliphatic carbocycles. The lowest BCUT2D eigenvalue weighted by molar-refractivity contribution is 0.0721. The molecular formula is C11H16ClN3O2. The molecule has 1 aromatic rings. The summed E-state index contributed by atoms with van der Waals surface area (Å²) >= 11 is 5.93. The third kappa shape index (κ3) is 2.36. The predicted molar refractivity (Wildman–Crippen MR) is 65.6 cm³/mol. The fraction of sp³-hybridized carbons (Fsp3) is 0.636. The topological polar surface area (TPSA) is 58.5 Å². The monoisotopic (exact) mass is 257 g/mol. The number of halogens is 1. The zero-order valence-electron chi connectivity index (χ0n) is 9.98. The molecule has 0 spiro atoms. The van der Waals surface area contributed by atoms with E-state index in [1.807, 2.05) is 18.7 Å². The van der Waals surface area contributed by atoms with Gasteiger partial charge in [0.1, 0.15) is 0 Å². The Morgan fingerprint density at radius 1 is 1.41 bits per heavy atom. The Bertz CT molecular complexity index is 414. The Morgan fingerprint density at radius 2 is 2.18 bits per heavy atom. The molecule has 17 heavy (non-hydrogen) atoms. The number of rotatable bonds is 2. The van der Waals surface area contributed by atoms with Crippen LogP contribution in [0.5, 0.6) is 0 Å². The summed E-state index contributed by atoms with van der Waals surface area (Å²) in [5.74, 6) is 0.786. The van der Waals surface area contributed by atoms with Crippen molar-refractivity contribution in [1.29, 1.82) is 0 Å². The third-order valence-electron chi connectivity index (χ3n) is 3.15. The van der Waals surface area contributed by atoms with Crippen LogP contribution in [0.25, 0.3) is 0 Å². The summed E-state index contributed by atoms with van der Waals surface area (Å²) in [6.45, 7) is 5.79. The van der Waals surface area contributed by atoms with E-state index < -0.39 is 0 Å². The van der Waals surface area contributed by atoms with Crippen molar-refractivity contribution in [2.24, 2.45) is 0 Å². The molecular weight excluding hydrogens is 242 g/mol. The van der Waals surface area contributed by atoms with Gasteiger partial charge in [-0.05, 0) is 25.0 Å². The summed E-state index contributed by atoms with van der Waals surface area (Å²) in [5, 5.41) is 17.8. The fourth-order valence-electron chi connectivity index (χ4n) is 1.92. The average molecular weight is 258 g/mol. The van der Waals surface area contributed by atoms with Crippen LogP contribution >= 0.6 is 11.6 Å². The number of hydrogen-bond donors (Lipinski definition) is 1. The molecule has 1 saturated heterocycles. The first-order chi connectivity index (χ1) is 8.15. The molecule has 2 heterocycles. The van der Waals surface area contributed by atoms with E-state index in [4.69, 9.17) is 16.3 Å². The Kier molecular flexibility index (Phi) is 3.81. The zero-order valence-corrected chi connectivity index (χ0v) is 10.7. The van der Waals surface area contributed by atoms with Gasteiger partial charge < -0.3 is 14.7 Å². The molecule has 1 unspecified atom stereocenters. The van der Waals surface area contributed by atoms with Crippen molar-refractivity contribution in [3.8, 4) is 0 Å². The number of anilines is 1. The summed E-state index contributed by atoms with van der Waals surface area (Å²) in [6, 6.07) is -0.0580. The first-order valence-corrected chi connectivity index (χ1v) is 5.97. The van der Waals surface area contributed by atoms with Gasteiger partial charge in [-0.25, -0.2) is 0 Å². The van der Waals surface area contributed by atoms with Crippen LogP contribution in [0.4, 0.5) is 5.82 Å². The molecule has 5 nitrogen and oxygen atoms in total. The highest BCUT2D eigenvalue weighted by atomic mass is 35.5. The van der Waals surface area contributed by atoms with Gasteiger partial charge in [0.2, 0.25) is 0 Å². The van der Waals surface area contributed by atoms with E-state index in [1.54, 1.807) is 0 Å². The number of aromatic nitrogens is 2. The number of ether oxygens (including phenoxy) is 1. The van der Waals surface area contributed by atoms with Crippen LogP contribution < -0.4 is 4.90 Å². The van der Waals surface area contributed by atoms with Gasteiger partial charge in [0.25, 0.3) is 0 Å². The molecule has 94 valence electrons. The Morgan fingerprint density at radius 3 is 2.88 bits per heavy atom. The van der Waals surface area contributed by atoms with E-state index in [0.717, 1.165) is 16.9 Å². The largest absolute Gasteiger partial charge is 0.394 e. The predicted octanol–water partition coefficient (Wildman–Crippen LogP) is 0.944. The van der Waals surface area contributed by atoms with Gasteiger partial charge in [0.05, 0.1) is 25.9 Å². The lowest BCUT2D eigenvalue weighted by Crippen LogP contribution is -2.48. The second kappa shape index (κ2) is 5.16. The molecule has 1 atom stereocenters. The molecule has 1 N–H and O–H groups in total. The second-order valence-corrected chi connectivity index (χ2v) is 4.53. The van der Waals surface area contributed by atoms with Crippen molar-refractivity contribution in [3.05, 3.63) is 16.3 Å². The van der Waals surface area contributed by atoms with Crippen molar-refractivity contribution < 1.29 is 9.84 Å². The maximum absolute atomic E-state index is 9.34. The van der Waals surface area contributed by atoms with Gasteiger partial charge in [0, 0.05) is 6.54 Å². The van der Waals surface area contributed by atoms with Crippen LogP contribution in [-0.2, 0) is 4.74 Å². The number of nitrogens with zero attached hydrogens (tertiary/aromatic N) is 3. The lowest BCUT2D eigenvalue weighted by Gasteiger charge is -2.36. The fourth-order valence-corrected chi connectivity index (χ4v) is 2.10. The van der Waals surface area contributed by atoms with E-state index in [-0.39, 0.29) is 12.6 Å². The molecule has 0 bridgehead atoms.